The Hall–Kier alpha value is -1.13. The number of rotatable bonds is 3. The zero-order chi connectivity index (χ0) is 15.3. The van der Waals surface area contributed by atoms with Crippen LogP contribution in [0.2, 0.25) is 5.02 Å². The predicted octanol–water partition coefficient (Wildman–Crippen LogP) is 3.59. The first-order chi connectivity index (χ1) is 9.09. The van der Waals surface area contributed by atoms with Gasteiger partial charge in [0.15, 0.2) is 0 Å². The van der Waals surface area contributed by atoms with E-state index in [9.17, 15) is 4.79 Å². The zero-order valence-electron chi connectivity index (χ0n) is 12.1. The topological polar surface area (TPSA) is 55.1 Å². The molecule has 1 aliphatic rings. The molecule has 3 nitrogen and oxygen atoms in total. The minimum absolute atomic E-state index is 0.00959. The number of carbonyl (C=O) groups excluding carboxylic acids is 1. The summed E-state index contributed by atoms with van der Waals surface area (Å²) < 4.78 is 0. The molecular weight excluding hydrogens is 292 g/mol. The van der Waals surface area contributed by atoms with Gasteiger partial charge in [0, 0.05) is 11.5 Å². The van der Waals surface area contributed by atoms with E-state index in [1.165, 1.54) is 0 Å². The highest BCUT2D eigenvalue weighted by atomic mass is 35.5. The van der Waals surface area contributed by atoms with Gasteiger partial charge in [0.25, 0.3) is 0 Å². The molecule has 1 aromatic carbocycles. The van der Waals surface area contributed by atoms with E-state index in [-0.39, 0.29) is 27.6 Å². The second-order valence-electron chi connectivity index (χ2n) is 6.42. The van der Waals surface area contributed by atoms with Gasteiger partial charge in [-0.15, -0.1) is 0 Å². The van der Waals surface area contributed by atoms with Gasteiger partial charge >= 0.3 is 0 Å². The molecule has 2 rings (SSSR count). The van der Waals surface area contributed by atoms with Gasteiger partial charge in [-0.2, -0.15) is 0 Å². The van der Waals surface area contributed by atoms with Crippen LogP contribution in [0.1, 0.15) is 33.3 Å². The fraction of sp³-hybridized carbons (Fsp3) is 0.467. The molecule has 1 aromatic rings. The van der Waals surface area contributed by atoms with Crippen LogP contribution >= 0.6 is 23.8 Å². The van der Waals surface area contributed by atoms with Crippen LogP contribution in [0.3, 0.4) is 0 Å². The van der Waals surface area contributed by atoms with Crippen molar-refractivity contribution in [1.82, 2.24) is 0 Å². The summed E-state index contributed by atoms with van der Waals surface area (Å²) in [5.74, 6) is -0.0402. The van der Waals surface area contributed by atoms with Crippen LogP contribution < -0.4 is 11.1 Å². The lowest BCUT2D eigenvalue weighted by Crippen LogP contribution is -2.18. The molecular formula is C15H19ClN2OS. The first-order valence-electron chi connectivity index (χ1n) is 6.49. The normalized spacial score (nSPS) is 19.4. The molecule has 0 bridgehead atoms. The minimum Gasteiger partial charge on any atom is -0.389 e. The molecule has 0 spiro atoms. The van der Waals surface area contributed by atoms with Crippen molar-refractivity contribution >= 4 is 40.4 Å². The van der Waals surface area contributed by atoms with Crippen LogP contribution in [-0.4, -0.2) is 10.9 Å². The van der Waals surface area contributed by atoms with Gasteiger partial charge in [-0.3, -0.25) is 4.79 Å². The predicted molar refractivity (Wildman–Crippen MR) is 87.0 cm³/mol. The van der Waals surface area contributed by atoms with Gasteiger partial charge in [-0.1, -0.05) is 57.6 Å². The molecule has 3 N–H and O–H groups in total. The average Bonchev–Trinajstić information content (AvgIpc) is 2.72. The number of anilines is 1. The fourth-order valence-electron chi connectivity index (χ4n) is 2.83. The van der Waals surface area contributed by atoms with Crippen LogP contribution in [0, 0.1) is 16.7 Å². The smallest absolute Gasteiger partial charge is 0.228 e. The summed E-state index contributed by atoms with van der Waals surface area (Å²) >= 11 is 11.1. The third kappa shape index (κ3) is 2.31. The number of carbonyl (C=O) groups is 1. The molecule has 5 heteroatoms. The molecule has 0 aliphatic heterocycles. The summed E-state index contributed by atoms with van der Waals surface area (Å²) in [6.07, 6.45) is 0. The molecule has 0 saturated heterocycles. The van der Waals surface area contributed by atoms with E-state index < -0.39 is 0 Å². The fourth-order valence-corrected chi connectivity index (χ4v) is 3.12. The Morgan fingerprint density at radius 3 is 2.30 bits per heavy atom. The molecule has 0 atom stereocenters. The molecule has 0 unspecified atom stereocenters. The van der Waals surface area contributed by atoms with Crippen LogP contribution in [0.25, 0.3) is 0 Å². The van der Waals surface area contributed by atoms with E-state index in [0.717, 1.165) is 0 Å². The van der Waals surface area contributed by atoms with Crippen molar-refractivity contribution in [1.29, 1.82) is 0 Å². The Labute approximate surface area is 129 Å². The third-order valence-corrected chi connectivity index (χ3v) is 5.36. The van der Waals surface area contributed by atoms with E-state index in [1.807, 2.05) is 0 Å². The van der Waals surface area contributed by atoms with Crippen LogP contribution in [-0.2, 0) is 4.79 Å². The highest BCUT2D eigenvalue weighted by Crippen LogP contribution is 2.68. The van der Waals surface area contributed by atoms with E-state index in [4.69, 9.17) is 29.6 Å². The Bertz CT molecular complexity index is 582. The zero-order valence-corrected chi connectivity index (χ0v) is 13.7. The molecule has 0 aromatic heterocycles. The van der Waals surface area contributed by atoms with Gasteiger partial charge in [0.1, 0.15) is 4.99 Å². The number of hydrogen-bond acceptors (Lipinski definition) is 2. The second kappa shape index (κ2) is 4.71. The second-order valence-corrected chi connectivity index (χ2v) is 7.27. The summed E-state index contributed by atoms with van der Waals surface area (Å²) in [6.45, 7) is 8.41. The highest BCUT2D eigenvalue weighted by Gasteiger charge is 2.68. The quantitative estimate of drug-likeness (QED) is 0.839. The SMILES string of the molecule is CC1(C)C(C(=O)Nc2cc(C(N)=S)ccc2Cl)C1(C)C. The van der Waals surface area contributed by atoms with Gasteiger partial charge in [-0.05, 0) is 23.0 Å². The summed E-state index contributed by atoms with van der Waals surface area (Å²) in [7, 11) is 0. The van der Waals surface area contributed by atoms with Crippen molar-refractivity contribution in [3.8, 4) is 0 Å². The molecule has 0 radical (unpaired) electrons. The summed E-state index contributed by atoms with van der Waals surface area (Å²) in [5, 5.41) is 3.37. The van der Waals surface area contributed by atoms with Crippen molar-refractivity contribution in [2.45, 2.75) is 27.7 Å². The van der Waals surface area contributed by atoms with Crippen molar-refractivity contribution in [2.75, 3.05) is 5.32 Å². The van der Waals surface area contributed by atoms with Gasteiger partial charge < -0.3 is 11.1 Å². The van der Waals surface area contributed by atoms with Gasteiger partial charge in [0.05, 0.1) is 10.7 Å². The lowest BCUT2D eigenvalue weighted by Gasteiger charge is -2.10. The first-order valence-corrected chi connectivity index (χ1v) is 7.28. The monoisotopic (exact) mass is 310 g/mol. The maximum absolute atomic E-state index is 12.4. The molecule has 1 amide bonds. The number of nitrogens with two attached hydrogens (primary N) is 1. The minimum atomic E-state index is -0.0282. The van der Waals surface area contributed by atoms with Crippen LogP contribution in [0.5, 0.6) is 0 Å². The summed E-state index contributed by atoms with van der Waals surface area (Å²) in [6, 6.07) is 5.14. The average molecular weight is 311 g/mol. The van der Waals surface area contributed by atoms with Gasteiger partial charge in [0.2, 0.25) is 5.91 Å². The third-order valence-electron chi connectivity index (χ3n) is 4.79. The lowest BCUT2D eigenvalue weighted by atomic mass is 10.0. The van der Waals surface area contributed by atoms with Crippen molar-refractivity contribution in [2.24, 2.45) is 22.5 Å². The van der Waals surface area contributed by atoms with Crippen molar-refractivity contribution in [3.63, 3.8) is 0 Å². The Balaban J connectivity index is 2.21. The van der Waals surface area contributed by atoms with E-state index in [0.29, 0.717) is 16.3 Å². The molecule has 1 fully saturated rings. The molecule has 0 heterocycles. The Morgan fingerprint density at radius 2 is 1.85 bits per heavy atom. The molecule has 1 saturated carbocycles. The maximum atomic E-state index is 12.4. The number of hydrogen-bond donors (Lipinski definition) is 2. The number of halogens is 1. The van der Waals surface area contributed by atoms with E-state index in [1.54, 1.807) is 18.2 Å². The van der Waals surface area contributed by atoms with Crippen molar-refractivity contribution < 1.29 is 4.79 Å². The van der Waals surface area contributed by atoms with Gasteiger partial charge in [-0.25, -0.2) is 0 Å². The van der Waals surface area contributed by atoms with E-state index >= 15 is 0 Å². The molecule has 1 aliphatic carbocycles. The number of nitrogens with one attached hydrogen (secondary N) is 1. The number of thiocarbonyl (C=S) groups is 1. The van der Waals surface area contributed by atoms with Crippen molar-refractivity contribution in [3.05, 3.63) is 28.8 Å². The summed E-state index contributed by atoms with van der Waals surface area (Å²) in [4.78, 5) is 12.7. The van der Waals surface area contributed by atoms with E-state index in [2.05, 4.69) is 33.0 Å². The Morgan fingerprint density at radius 1 is 1.30 bits per heavy atom. The molecule has 20 heavy (non-hydrogen) atoms. The maximum Gasteiger partial charge on any atom is 0.228 e. The van der Waals surface area contributed by atoms with Crippen LogP contribution in [0.15, 0.2) is 18.2 Å². The highest BCUT2D eigenvalue weighted by molar-refractivity contribution is 7.80. The summed E-state index contributed by atoms with van der Waals surface area (Å²) in [5.41, 5.74) is 6.82. The molecule has 108 valence electrons. The lowest BCUT2D eigenvalue weighted by molar-refractivity contribution is -0.118. The van der Waals surface area contributed by atoms with Crippen LogP contribution in [0.4, 0.5) is 5.69 Å². The number of amides is 1. The Kier molecular flexibility index (Phi) is 3.59. The first kappa shape index (κ1) is 15.3. The largest absolute Gasteiger partial charge is 0.389 e. The number of benzene rings is 1. The standard InChI is InChI=1S/C15H19ClN2OS/c1-14(2)11(15(14,3)4)13(19)18-10-7-8(12(17)20)5-6-9(10)16/h5-7,11H,1-4H3,(H2,17,20)(H,18,19).